The molecule has 1 unspecified atom stereocenters. The van der Waals surface area contributed by atoms with Crippen molar-refractivity contribution in [1.82, 2.24) is 5.32 Å². The summed E-state index contributed by atoms with van der Waals surface area (Å²) in [6.07, 6.45) is 3.04. The summed E-state index contributed by atoms with van der Waals surface area (Å²) in [4.78, 5) is 11.9. The molecule has 0 aromatic heterocycles. The zero-order chi connectivity index (χ0) is 12.8. The molecule has 0 aliphatic heterocycles. The van der Waals surface area contributed by atoms with Crippen molar-refractivity contribution >= 4 is 51.9 Å². The van der Waals surface area contributed by atoms with Crippen LogP contribution in [0.25, 0.3) is 0 Å². The first-order chi connectivity index (χ1) is 8.04. The van der Waals surface area contributed by atoms with Gasteiger partial charge in [-0.15, -0.1) is 0 Å². The van der Waals surface area contributed by atoms with Crippen molar-refractivity contribution in [3.05, 3.63) is 32.4 Å². The largest absolute Gasteiger partial charge is 0.350 e. The molecule has 0 radical (unpaired) electrons. The number of rotatable bonds is 5. The van der Waals surface area contributed by atoms with Gasteiger partial charge in [0.05, 0.1) is 5.02 Å². The summed E-state index contributed by atoms with van der Waals surface area (Å²) < 4.78 is 0.955. The van der Waals surface area contributed by atoms with Crippen LogP contribution in [0, 0.1) is 3.57 Å². The molecule has 0 spiro atoms. The van der Waals surface area contributed by atoms with Gasteiger partial charge in [-0.25, -0.2) is 0 Å². The second-order valence-electron chi connectivity index (χ2n) is 3.78. The maximum absolute atomic E-state index is 11.9. The maximum Gasteiger partial charge on any atom is 0.251 e. The molecule has 1 atom stereocenters. The van der Waals surface area contributed by atoms with Gasteiger partial charge >= 0.3 is 0 Å². The van der Waals surface area contributed by atoms with Crippen molar-refractivity contribution in [1.29, 1.82) is 0 Å². The number of carbonyl (C=O) groups is 1. The quantitative estimate of drug-likeness (QED) is 0.783. The van der Waals surface area contributed by atoms with Crippen molar-refractivity contribution in [2.24, 2.45) is 0 Å². The standard InChI is InChI=1S/C12H15ClINOS/c1-8(5-6-17-2)15-12(16)9-3-4-11(14)10(13)7-9/h3-4,7-8H,5-6H2,1-2H3,(H,15,16). The molecule has 5 heteroatoms. The summed E-state index contributed by atoms with van der Waals surface area (Å²) in [7, 11) is 0. The SMILES string of the molecule is CSCCC(C)NC(=O)c1ccc(I)c(Cl)c1. The topological polar surface area (TPSA) is 29.1 Å². The van der Waals surface area contributed by atoms with E-state index in [0.29, 0.717) is 10.6 Å². The lowest BCUT2D eigenvalue weighted by molar-refractivity contribution is 0.0939. The monoisotopic (exact) mass is 383 g/mol. The Bertz CT molecular complexity index is 400. The van der Waals surface area contributed by atoms with E-state index >= 15 is 0 Å². The molecular weight excluding hydrogens is 369 g/mol. The fourth-order valence-electron chi connectivity index (χ4n) is 1.31. The highest BCUT2D eigenvalue weighted by atomic mass is 127. The van der Waals surface area contributed by atoms with E-state index in [1.165, 1.54) is 0 Å². The van der Waals surface area contributed by atoms with Gasteiger partial charge in [0.1, 0.15) is 0 Å². The Morgan fingerprint density at radius 3 is 2.88 bits per heavy atom. The summed E-state index contributed by atoms with van der Waals surface area (Å²) >= 11 is 9.91. The minimum Gasteiger partial charge on any atom is -0.350 e. The van der Waals surface area contributed by atoms with Gasteiger partial charge in [-0.3, -0.25) is 4.79 Å². The highest BCUT2D eigenvalue weighted by Crippen LogP contribution is 2.19. The number of amides is 1. The van der Waals surface area contributed by atoms with Crippen molar-refractivity contribution in [3.63, 3.8) is 0 Å². The summed E-state index contributed by atoms with van der Waals surface area (Å²) in [5, 5.41) is 3.58. The molecule has 1 N–H and O–H groups in total. The summed E-state index contributed by atoms with van der Waals surface area (Å²) in [6.45, 7) is 2.02. The number of benzene rings is 1. The molecule has 0 aliphatic carbocycles. The van der Waals surface area contributed by atoms with Crippen LogP contribution in [0.5, 0.6) is 0 Å². The summed E-state index contributed by atoms with van der Waals surface area (Å²) in [6, 6.07) is 5.54. The molecule has 0 fully saturated rings. The first-order valence-corrected chi connectivity index (χ1v) is 8.14. The number of hydrogen-bond donors (Lipinski definition) is 1. The first-order valence-electron chi connectivity index (χ1n) is 5.29. The van der Waals surface area contributed by atoms with Crippen LogP contribution >= 0.6 is 46.0 Å². The zero-order valence-electron chi connectivity index (χ0n) is 9.80. The normalized spacial score (nSPS) is 12.2. The fourth-order valence-corrected chi connectivity index (χ4v) is 2.42. The summed E-state index contributed by atoms with van der Waals surface area (Å²) in [5.41, 5.74) is 0.617. The van der Waals surface area contributed by atoms with Crippen LogP contribution in [0.3, 0.4) is 0 Å². The van der Waals surface area contributed by atoms with E-state index in [4.69, 9.17) is 11.6 Å². The van der Waals surface area contributed by atoms with Gasteiger partial charge in [0.2, 0.25) is 0 Å². The molecule has 2 nitrogen and oxygen atoms in total. The third-order valence-corrected chi connectivity index (χ3v) is 4.53. The van der Waals surface area contributed by atoms with Gasteiger partial charge in [-0.2, -0.15) is 11.8 Å². The molecule has 94 valence electrons. The number of thioether (sulfide) groups is 1. The van der Waals surface area contributed by atoms with Gasteiger partial charge in [0.15, 0.2) is 0 Å². The molecule has 1 aromatic carbocycles. The lowest BCUT2D eigenvalue weighted by Gasteiger charge is -2.13. The predicted molar refractivity (Wildman–Crippen MR) is 84.1 cm³/mol. The summed E-state index contributed by atoms with van der Waals surface area (Å²) in [5.74, 6) is 0.992. The smallest absolute Gasteiger partial charge is 0.251 e. The van der Waals surface area contributed by atoms with Crippen molar-refractivity contribution in [2.75, 3.05) is 12.0 Å². The van der Waals surface area contributed by atoms with Crippen LogP contribution in [0.2, 0.25) is 5.02 Å². The van der Waals surface area contributed by atoms with E-state index in [2.05, 4.69) is 34.2 Å². The average molecular weight is 384 g/mol. The number of halogens is 2. The van der Waals surface area contributed by atoms with E-state index in [1.54, 1.807) is 23.9 Å². The van der Waals surface area contributed by atoms with Crippen LogP contribution in [0.4, 0.5) is 0 Å². The number of hydrogen-bond acceptors (Lipinski definition) is 2. The highest BCUT2D eigenvalue weighted by molar-refractivity contribution is 14.1. The lowest BCUT2D eigenvalue weighted by Crippen LogP contribution is -2.32. The lowest BCUT2D eigenvalue weighted by atomic mass is 10.2. The molecule has 1 amide bonds. The van der Waals surface area contributed by atoms with Crippen LogP contribution < -0.4 is 5.32 Å². The minimum atomic E-state index is -0.0584. The van der Waals surface area contributed by atoms with Crippen LogP contribution in [-0.4, -0.2) is 24.0 Å². The van der Waals surface area contributed by atoms with Crippen LogP contribution in [-0.2, 0) is 0 Å². The predicted octanol–water partition coefficient (Wildman–Crippen LogP) is 3.82. The number of nitrogens with one attached hydrogen (secondary N) is 1. The first kappa shape index (κ1) is 15.1. The van der Waals surface area contributed by atoms with E-state index in [9.17, 15) is 4.79 Å². The second kappa shape index (κ2) is 7.48. The fraction of sp³-hybridized carbons (Fsp3) is 0.417. The zero-order valence-corrected chi connectivity index (χ0v) is 13.5. The van der Waals surface area contributed by atoms with Crippen LogP contribution in [0.15, 0.2) is 18.2 Å². The molecule has 0 bridgehead atoms. The van der Waals surface area contributed by atoms with E-state index < -0.39 is 0 Å². The Morgan fingerprint density at radius 2 is 2.29 bits per heavy atom. The molecule has 0 heterocycles. The number of carbonyl (C=O) groups excluding carboxylic acids is 1. The Balaban J connectivity index is 2.60. The minimum absolute atomic E-state index is 0.0584. The molecule has 1 aromatic rings. The maximum atomic E-state index is 11.9. The van der Waals surface area contributed by atoms with Gasteiger partial charge in [-0.05, 0) is 66.1 Å². The van der Waals surface area contributed by atoms with Gasteiger partial charge < -0.3 is 5.32 Å². The van der Waals surface area contributed by atoms with Crippen LogP contribution in [0.1, 0.15) is 23.7 Å². The van der Waals surface area contributed by atoms with Gasteiger partial charge in [0.25, 0.3) is 5.91 Å². The molecule has 17 heavy (non-hydrogen) atoms. The van der Waals surface area contributed by atoms with Crippen molar-refractivity contribution in [2.45, 2.75) is 19.4 Å². The second-order valence-corrected chi connectivity index (χ2v) is 6.34. The van der Waals surface area contributed by atoms with Crippen molar-refractivity contribution in [3.8, 4) is 0 Å². The average Bonchev–Trinajstić information content (AvgIpc) is 2.30. The molecule has 0 saturated heterocycles. The molecule has 0 aliphatic rings. The Hall–Kier alpha value is 0.0600. The highest BCUT2D eigenvalue weighted by Gasteiger charge is 2.10. The Labute approximate surface area is 125 Å². The Kier molecular flexibility index (Phi) is 6.66. The molecule has 0 saturated carbocycles. The van der Waals surface area contributed by atoms with Gasteiger partial charge in [0, 0.05) is 15.2 Å². The molecule has 1 rings (SSSR count). The molecular formula is C12H15ClINOS. The van der Waals surface area contributed by atoms with E-state index in [-0.39, 0.29) is 11.9 Å². The van der Waals surface area contributed by atoms with E-state index in [1.807, 2.05) is 13.0 Å². The third kappa shape index (κ3) is 5.06. The van der Waals surface area contributed by atoms with Crippen molar-refractivity contribution < 1.29 is 4.79 Å². The van der Waals surface area contributed by atoms with Gasteiger partial charge in [-0.1, -0.05) is 11.6 Å². The Morgan fingerprint density at radius 1 is 1.59 bits per heavy atom. The van der Waals surface area contributed by atoms with E-state index in [0.717, 1.165) is 15.7 Å². The third-order valence-electron chi connectivity index (χ3n) is 2.31.